The van der Waals surface area contributed by atoms with Crippen LogP contribution in [0.25, 0.3) is 0 Å². The zero-order chi connectivity index (χ0) is 17.4. The molecular formula is C18H17ClFN3O2. The highest BCUT2D eigenvalue weighted by Crippen LogP contribution is 2.38. The van der Waals surface area contributed by atoms with Gasteiger partial charge < -0.3 is 20.1 Å². The van der Waals surface area contributed by atoms with Crippen molar-refractivity contribution in [3.8, 4) is 5.75 Å². The summed E-state index contributed by atoms with van der Waals surface area (Å²) in [6, 6.07) is 8.34. The third-order valence-corrected chi connectivity index (χ3v) is 4.59. The van der Waals surface area contributed by atoms with Crippen LogP contribution in [-0.4, -0.2) is 32.2 Å². The Morgan fingerprint density at radius 2 is 2.20 bits per heavy atom. The number of hydrogen-bond acceptors (Lipinski definition) is 5. The molecule has 25 heavy (non-hydrogen) atoms. The van der Waals surface area contributed by atoms with Crippen molar-refractivity contribution < 1.29 is 13.9 Å². The van der Waals surface area contributed by atoms with E-state index in [4.69, 9.17) is 26.8 Å². The number of aliphatic imine (C=N–C) groups is 1. The molecule has 1 saturated heterocycles. The van der Waals surface area contributed by atoms with Crippen LogP contribution in [0.15, 0.2) is 35.3 Å². The molecule has 0 amide bonds. The molecule has 2 N–H and O–H groups in total. The van der Waals surface area contributed by atoms with Crippen molar-refractivity contribution in [2.75, 3.05) is 30.5 Å². The molecule has 0 saturated carbocycles. The number of benzene rings is 2. The van der Waals surface area contributed by atoms with Gasteiger partial charge in [-0.25, -0.2) is 4.39 Å². The predicted octanol–water partition coefficient (Wildman–Crippen LogP) is 3.76. The fraction of sp³-hybridized carbons (Fsp3) is 0.278. The molecule has 1 atom stereocenters. The van der Waals surface area contributed by atoms with Crippen molar-refractivity contribution in [3.63, 3.8) is 0 Å². The molecule has 2 aliphatic rings. The maximum absolute atomic E-state index is 13.5. The van der Waals surface area contributed by atoms with Gasteiger partial charge in [-0.1, -0.05) is 11.6 Å². The van der Waals surface area contributed by atoms with E-state index in [-0.39, 0.29) is 11.1 Å². The van der Waals surface area contributed by atoms with Gasteiger partial charge in [0, 0.05) is 30.0 Å². The average molecular weight is 362 g/mol. The molecule has 0 spiro atoms. The van der Waals surface area contributed by atoms with E-state index in [1.165, 1.54) is 6.07 Å². The molecule has 2 aromatic rings. The zero-order valence-corrected chi connectivity index (χ0v) is 14.2. The fourth-order valence-electron chi connectivity index (χ4n) is 3.00. The molecule has 0 aliphatic carbocycles. The van der Waals surface area contributed by atoms with Gasteiger partial charge in [0.2, 0.25) is 0 Å². The molecule has 130 valence electrons. The highest BCUT2D eigenvalue weighted by Gasteiger charge is 2.22. The average Bonchev–Trinajstić information content (AvgIpc) is 3.11. The lowest BCUT2D eigenvalue weighted by Gasteiger charge is -2.29. The molecule has 0 bridgehead atoms. The largest absolute Gasteiger partial charge is 0.486 e. The van der Waals surface area contributed by atoms with Gasteiger partial charge in [-0.2, -0.15) is 0 Å². The monoisotopic (exact) mass is 361 g/mol. The van der Waals surface area contributed by atoms with Crippen LogP contribution in [0.3, 0.4) is 0 Å². The van der Waals surface area contributed by atoms with Crippen LogP contribution < -0.4 is 15.4 Å². The van der Waals surface area contributed by atoms with Gasteiger partial charge in [-0.3, -0.25) is 4.99 Å². The van der Waals surface area contributed by atoms with Gasteiger partial charge in [-0.05, 0) is 24.3 Å². The summed E-state index contributed by atoms with van der Waals surface area (Å²) in [5.41, 5.74) is 9.20. The summed E-state index contributed by atoms with van der Waals surface area (Å²) in [4.78, 5) is 6.29. The van der Waals surface area contributed by atoms with Gasteiger partial charge in [-0.15, -0.1) is 0 Å². The Morgan fingerprint density at radius 3 is 2.96 bits per heavy atom. The smallest absolute Gasteiger partial charge is 0.144 e. The Kier molecular flexibility index (Phi) is 4.23. The number of ether oxygens (including phenoxy) is 2. The minimum Gasteiger partial charge on any atom is -0.486 e. The number of nitrogens with zero attached hydrogens (tertiary/aromatic N) is 2. The lowest BCUT2D eigenvalue weighted by atomic mass is 10.1. The second-order valence-electron chi connectivity index (χ2n) is 6.03. The first-order valence-electron chi connectivity index (χ1n) is 8.02. The first-order chi connectivity index (χ1) is 12.1. The fourth-order valence-corrected chi connectivity index (χ4v) is 3.17. The maximum Gasteiger partial charge on any atom is 0.144 e. The van der Waals surface area contributed by atoms with Gasteiger partial charge in [0.05, 0.1) is 29.6 Å². The third kappa shape index (κ3) is 3.15. The standard InChI is InChI=1S/C18H17ClFN3O2/c19-14-6-12(1-2-15(14)20)23-10-22-8-11-5-16(21)18(7-17(11)23)25-13-3-4-24-9-13/h1-2,5-8,13H,3-4,9-10,21H2/t13-/m0/s1. The number of nitrogens with two attached hydrogens (primary N) is 1. The van der Waals surface area contributed by atoms with Crippen LogP contribution in [0.1, 0.15) is 12.0 Å². The Hall–Kier alpha value is -2.31. The second-order valence-corrected chi connectivity index (χ2v) is 6.44. The minimum absolute atomic E-state index is 0.00585. The summed E-state index contributed by atoms with van der Waals surface area (Å²) in [5.74, 6) is 0.163. The second kappa shape index (κ2) is 6.54. The summed E-state index contributed by atoms with van der Waals surface area (Å²) in [5, 5.41) is 0.0728. The van der Waals surface area contributed by atoms with Crippen molar-refractivity contribution in [3.05, 3.63) is 46.7 Å². The van der Waals surface area contributed by atoms with E-state index < -0.39 is 5.82 Å². The highest BCUT2D eigenvalue weighted by atomic mass is 35.5. The van der Waals surface area contributed by atoms with Gasteiger partial charge >= 0.3 is 0 Å². The SMILES string of the molecule is Nc1cc2c(cc1O[C@H]1CCOC1)N(c1ccc(F)c(Cl)c1)CN=C2. The summed E-state index contributed by atoms with van der Waals surface area (Å²) in [6.45, 7) is 1.67. The van der Waals surface area contributed by atoms with Gasteiger partial charge in [0.1, 0.15) is 24.3 Å². The maximum atomic E-state index is 13.5. The molecule has 0 radical (unpaired) electrons. The minimum atomic E-state index is -0.450. The molecule has 2 heterocycles. The molecule has 2 aliphatic heterocycles. The normalized spacial score (nSPS) is 19.1. The van der Waals surface area contributed by atoms with Crippen LogP contribution in [-0.2, 0) is 4.74 Å². The zero-order valence-electron chi connectivity index (χ0n) is 13.4. The number of fused-ring (bicyclic) bond motifs is 1. The van der Waals surface area contributed by atoms with Crippen LogP contribution >= 0.6 is 11.6 Å². The number of hydrogen-bond donors (Lipinski definition) is 1. The lowest BCUT2D eigenvalue weighted by Crippen LogP contribution is -2.23. The Balaban J connectivity index is 1.71. The van der Waals surface area contributed by atoms with E-state index in [9.17, 15) is 4.39 Å². The summed E-state index contributed by atoms with van der Waals surface area (Å²) >= 11 is 5.93. The van der Waals surface area contributed by atoms with Crippen molar-refractivity contribution in [1.29, 1.82) is 0 Å². The molecule has 7 heteroatoms. The summed E-state index contributed by atoms with van der Waals surface area (Å²) in [7, 11) is 0. The predicted molar refractivity (Wildman–Crippen MR) is 96.7 cm³/mol. The Morgan fingerprint density at radius 1 is 1.32 bits per heavy atom. The van der Waals surface area contributed by atoms with Crippen LogP contribution in [0.4, 0.5) is 21.5 Å². The lowest BCUT2D eigenvalue weighted by molar-refractivity contribution is 0.142. The molecule has 1 fully saturated rings. The van der Waals surface area contributed by atoms with Crippen LogP contribution in [0.2, 0.25) is 5.02 Å². The molecular weight excluding hydrogens is 345 g/mol. The van der Waals surface area contributed by atoms with E-state index in [0.717, 1.165) is 23.4 Å². The van der Waals surface area contributed by atoms with Gasteiger partial charge in [0.25, 0.3) is 0 Å². The van der Waals surface area contributed by atoms with E-state index in [1.54, 1.807) is 18.3 Å². The summed E-state index contributed by atoms with van der Waals surface area (Å²) in [6.07, 6.45) is 2.62. The van der Waals surface area contributed by atoms with Crippen molar-refractivity contribution in [1.82, 2.24) is 0 Å². The Labute approximate surface area is 149 Å². The Bertz CT molecular complexity index is 837. The van der Waals surface area contributed by atoms with E-state index >= 15 is 0 Å². The van der Waals surface area contributed by atoms with Crippen molar-refractivity contribution in [2.45, 2.75) is 12.5 Å². The molecule has 0 aromatic heterocycles. The quantitative estimate of drug-likeness (QED) is 0.846. The van der Waals surface area contributed by atoms with E-state index in [2.05, 4.69) is 4.99 Å². The summed E-state index contributed by atoms with van der Waals surface area (Å²) < 4.78 is 24.8. The molecule has 0 unspecified atom stereocenters. The molecule has 4 rings (SSSR count). The van der Waals surface area contributed by atoms with E-state index in [0.29, 0.717) is 31.3 Å². The number of anilines is 3. The molecule has 2 aromatic carbocycles. The third-order valence-electron chi connectivity index (χ3n) is 4.30. The van der Waals surface area contributed by atoms with Crippen molar-refractivity contribution >= 4 is 34.9 Å². The highest BCUT2D eigenvalue weighted by molar-refractivity contribution is 6.31. The van der Waals surface area contributed by atoms with E-state index in [1.807, 2.05) is 17.0 Å². The van der Waals surface area contributed by atoms with Crippen LogP contribution in [0.5, 0.6) is 5.75 Å². The topological polar surface area (TPSA) is 60.1 Å². The van der Waals surface area contributed by atoms with Gasteiger partial charge in [0.15, 0.2) is 0 Å². The number of rotatable bonds is 3. The number of halogens is 2. The molecule has 5 nitrogen and oxygen atoms in total. The first-order valence-corrected chi connectivity index (χ1v) is 8.40. The van der Waals surface area contributed by atoms with Crippen LogP contribution in [0, 0.1) is 5.82 Å². The number of nitrogen functional groups attached to an aromatic ring is 1. The van der Waals surface area contributed by atoms with Crippen molar-refractivity contribution in [2.24, 2.45) is 4.99 Å². The first kappa shape index (κ1) is 16.2.